The van der Waals surface area contributed by atoms with E-state index in [1.165, 1.54) is 32.3 Å². The molecule has 0 nitrogen and oxygen atoms in total. The quantitative estimate of drug-likeness (QED) is 0.513. The minimum Gasteiger partial charge on any atom is -0.147 e. The molecule has 0 spiro atoms. The minimum atomic E-state index is -0.0598. The number of rotatable bonds is 3. The topological polar surface area (TPSA) is 0 Å². The van der Waals surface area contributed by atoms with Gasteiger partial charge >= 0.3 is 0 Å². The van der Waals surface area contributed by atoms with Crippen LogP contribution in [0.4, 0.5) is 0 Å². The van der Waals surface area contributed by atoms with Crippen LogP contribution in [0.3, 0.4) is 0 Å². The molecule has 0 radical (unpaired) electrons. The Balaban J connectivity index is 2.17. The second-order valence-electron chi connectivity index (χ2n) is 5.04. The Morgan fingerprint density at radius 3 is 2.55 bits per heavy atom. The maximum atomic E-state index is 6.80. The van der Waals surface area contributed by atoms with Crippen LogP contribution in [0.1, 0.15) is 33.9 Å². The van der Waals surface area contributed by atoms with E-state index >= 15 is 0 Å². The number of fused-ring (bicyclic) bond motifs is 1. The average Bonchev–Trinajstić information content (AvgIpc) is 2.96. The highest BCUT2D eigenvalue weighted by molar-refractivity contribution is 7.10. The number of benzene rings is 2. The molecule has 0 amide bonds. The fourth-order valence-corrected chi connectivity index (χ4v) is 4.17. The van der Waals surface area contributed by atoms with Gasteiger partial charge in [0, 0.05) is 4.88 Å². The monoisotopic (exact) mass is 300 g/mol. The van der Waals surface area contributed by atoms with E-state index in [2.05, 4.69) is 61.7 Å². The highest BCUT2D eigenvalue weighted by atomic mass is 35.5. The van der Waals surface area contributed by atoms with Crippen LogP contribution >= 0.6 is 22.9 Å². The Kier molecular flexibility index (Phi) is 3.82. The molecule has 0 aliphatic rings. The maximum absolute atomic E-state index is 6.80. The predicted octanol–water partition coefficient (Wildman–Crippen LogP) is 6.10. The molecule has 0 aliphatic carbocycles. The molecule has 1 heterocycles. The lowest BCUT2D eigenvalue weighted by atomic mass is 9.97. The van der Waals surface area contributed by atoms with Crippen LogP contribution in [0.15, 0.2) is 47.8 Å². The molecule has 0 bridgehead atoms. The molecule has 1 atom stereocenters. The number of halogens is 1. The summed E-state index contributed by atoms with van der Waals surface area (Å²) in [4.78, 5) is 1.28. The molecule has 3 aromatic rings. The Labute approximate surface area is 129 Å². The second kappa shape index (κ2) is 5.59. The van der Waals surface area contributed by atoms with Crippen LogP contribution in [0.5, 0.6) is 0 Å². The predicted molar refractivity (Wildman–Crippen MR) is 90.1 cm³/mol. The van der Waals surface area contributed by atoms with Gasteiger partial charge in [0.05, 0.1) is 5.38 Å². The fourth-order valence-electron chi connectivity index (χ4n) is 2.70. The van der Waals surface area contributed by atoms with E-state index in [-0.39, 0.29) is 5.38 Å². The summed E-state index contributed by atoms with van der Waals surface area (Å²) >= 11 is 8.56. The van der Waals surface area contributed by atoms with Crippen LogP contribution in [0.2, 0.25) is 0 Å². The van der Waals surface area contributed by atoms with Crippen molar-refractivity contribution in [1.82, 2.24) is 0 Å². The van der Waals surface area contributed by atoms with Gasteiger partial charge in [-0.2, -0.15) is 0 Å². The third-order valence-corrected chi connectivity index (χ3v) is 5.45. The Hall–Kier alpha value is -1.31. The molecule has 2 aromatic carbocycles. The van der Waals surface area contributed by atoms with Crippen molar-refractivity contribution in [3.8, 4) is 0 Å². The van der Waals surface area contributed by atoms with Gasteiger partial charge in [0.25, 0.3) is 0 Å². The molecule has 0 N–H and O–H groups in total. The standard InChI is InChI=1S/C18H17ClS/c1-3-13-10-11-20-18(13)17(19)16-9-8-12(2)14-6-4-5-7-15(14)16/h4-11,17H,3H2,1-2H3. The van der Waals surface area contributed by atoms with E-state index in [9.17, 15) is 0 Å². The lowest BCUT2D eigenvalue weighted by molar-refractivity contribution is 1.08. The summed E-state index contributed by atoms with van der Waals surface area (Å²) < 4.78 is 0. The summed E-state index contributed by atoms with van der Waals surface area (Å²) in [6.07, 6.45) is 1.03. The number of hydrogen-bond acceptors (Lipinski definition) is 1. The van der Waals surface area contributed by atoms with E-state index in [4.69, 9.17) is 11.6 Å². The average molecular weight is 301 g/mol. The van der Waals surface area contributed by atoms with Crippen molar-refractivity contribution in [2.45, 2.75) is 25.6 Å². The molecule has 0 saturated carbocycles. The van der Waals surface area contributed by atoms with Gasteiger partial charge in [0.1, 0.15) is 0 Å². The molecular formula is C18H17ClS. The van der Waals surface area contributed by atoms with Crippen molar-refractivity contribution in [3.05, 3.63) is 69.4 Å². The van der Waals surface area contributed by atoms with Crippen molar-refractivity contribution in [3.63, 3.8) is 0 Å². The van der Waals surface area contributed by atoms with Crippen molar-refractivity contribution >= 4 is 33.7 Å². The van der Waals surface area contributed by atoms with Crippen LogP contribution in [-0.4, -0.2) is 0 Å². The number of alkyl halides is 1. The summed E-state index contributed by atoms with van der Waals surface area (Å²) in [5, 5.41) is 4.64. The lowest BCUT2D eigenvalue weighted by Crippen LogP contribution is -1.96. The van der Waals surface area contributed by atoms with Crippen molar-refractivity contribution in [2.24, 2.45) is 0 Å². The molecule has 0 saturated heterocycles. The van der Waals surface area contributed by atoms with Gasteiger partial charge in [-0.1, -0.05) is 43.3 Å². The first kappa shape index (κ1) is 13.7. The maximum Gasteiger partial charge on any atom is 0.0936 e. The van der Waals surface area contributed by atoms with E-state index < -0.39 is 0 Å². The molecule has 0 fully saturated rings. The van der Waals surface area contributed by atoms with Gasteiger partial charge in [-0.3, -0.25) is 0 Å². The largest absolute Gasteiger partial charge is 0.147 e. The Morgan fingerprint density at radius 1 is 1.05 bits per heavy atom. The van der Waals surface area contributed by atoms with E-state index in [1.807, 2.05) is 0 Å². The fraction of sp³-hybridized carbons (Fsp3) is 0.222. The third kappa shape index (κ3) is 2.25. The second-order valence-corrected chi connectivity index (χ2v) is 6.43. The zero-order valence-electron chi connectivity index (χ0n) is 11.7. The van der Waals surface area contributed by atoms with Crippen molar-refractivity contribution in [2.75, 3.05) is 0 Å². The van der Waals surface area contributed by atoms with Gasteiger partial charge in [-0.25, -0.2) is 0 Å². The number of hydrogen-bond donors (Lipinski definition) is 0. The zero-order valence-corrected chi connectivity index (χ0v) is 13.3. The molecule has 1 unspecified atom stereocenters. The third-order valence-electron chi connectivity index (χ3n) is 3.84. The summed E-state index contributed by atoms with van der Waals surface area (Å²) in [7, 11) is 0. The SMILES string of the molecule is CCc1ccsc1C(Cl)c1ccc(C)c2ccccc12. The molecular weight excluding hydrogens is 284 g/mol. The van der Waals surface area contributed by atoms with Gasteiger partial charge in [0.15, 0.2) is 0 Å². The normalized spacial score (nSPS) is 12.8. The first-order valence-electron chi connectivity index (χ1n) is 6.91. The summed E-state index contributed by atoms with van der Waals surface area (Å²) in [6.45, 7) is 4.33. The Bertz CT molecular complexity index is 742. The number of thiophene rings is 1. The molecule has 1 aromatic heterocycles. The van der Waals surface area contributed by atoms with Gasteiger partial charge in [-0.15, -0.1) is 22.9 Å². The van der Waals surface area contributed by atoms with Crippen LogP contribution in [-0.2, 0) is 6.42 Å². The molecule has 3 rings (SSSR count). The first-order valence-corrected chi connectivity index (χ1v) is 8.22. The van der Waals surface area contributed by atoms with Gasteiger partial charge in [0.2, 0.25) is 0 Å². The summed E-state index contributed by atoms with van der Waals surface area (Å²) in [6, 6.07) is 15.1. The summed E-state index contributed by atoms with van der Waals surface area (Å²) in [5.41, 5.74) is 3.87. The molecule has 102 valence electrons. The molecule has 2 heteroatoms. The van der Waals surface area contributed by atoms with Crippen molar-refractivity contribution in [1.29, 1.82) is 0 Å². The van der Waals surface area contributed by atoms with Gasteiger partial charge in [-0.05, 0) is 52.3 Å². The number of aryl methyl sites for hydroxylation is 2. The smallest absolute Gasteiger partial charge is 0.0936 e. The van der Waals surface area contributed by atoms with Crippen molar-refractivity contribution < 1.29 is 0 Å². The lowest BCUT2D eigenvalue weighted by Gasteiger charge is -2.14. The minimum absolute atomic E-state index is 0.0598. The van der Waals surface area contributed by atoms with Gasteiger partial charge < -0.3 is 0 Å². The summed E-state index contributed by atoms with van der Waals surface area (Å²) in [5.74, 6) is 0. The zero-order chi connectivity index (χ0) is 14.1. The highest BCUT2D eigenvalue weighted by Crippen LogP contribution is 2.38. The van der Waals surface area contributed by atoms with E-state index in [0.717, 1.165) is 6.42 Å². The van der Waals surface area contributed by atoms with E-state index in [1.54, 1.807) is 11.3 Å². The first-order chi connectivity index (χ1) is 9.72. The highest BCUT2D eigenvalue weighted by Gasteiger charge is 2.18. The Morgan fingerprint density at radius 2 is 1.80 bits per heavy atom. The van der Waals surface area contributed by atoms with E-state index in [0.29, 0.717) is 0 Å². The van der Waals surface area contributed by atoms with Crippen LogP contribution in [0, 0.1) is 6.92 Å². The van der Waals surface area contributed by atoms with Crippen LogP contribution < -0.4 is 0 Å². The molecule has 0 aliphatic heterocycles. The molecule has 20 heavy (non-hydrogen) atoms. The van der Waals surface area contributed by atoms with Crippen LogP contribution in [0.25, 0.3) is 10.8 Å².